The standard InChI is InChI=1S/C15H21N5/c1-12(2)18-15(16-3)17-11-13-9-10-20(19-13)14-7-5-4-6-8-14/h4-10,12H,11H2,1-3H3,(H2,16,17,18). The molecule has 0 amide bonds. The van der Waals surface area contributed by atoms with Gasteiger partial charge >= 0.3 is 0 Å². The van der Waals surface area contributed by atoms with Crippen LogP contribution in [0.15, 0.2) is 47.6 Å². The Morgan fingerprint density at radius 3 is 2.65 bits per heavy atom. The number of para-hydroxylation sites is 1. The van der Waals surface area contributed by atoms with Crippen molar-refractivity contribution in [3.05, 3.63) is 48.3 Å². The van der Waals surface area contributed by atoms with Crippen molar-refractivity contribution in [3.8, 4) is 5.69 Å². The summed E-state index contributed by atoms with van der Waals surface area (Å²) in [4.78, 5) is 4.17. The van der Waals surface area contributed by atoms with Gasteiger partial charge in [-0.15, -0.1) is 0 Å². The van der Waals surface area contributed by atoms with Gasteiger partial charge in [0.2, 0.25) is 0 Å². The smallest absolute Gasteiger partial charge is 0.191 e. The molecule has 0 saturated carbocycles. The van der Waals surface area contributed by atoms with Crippen molar-refractivity contribution in [1.29, 1.82) is 0 Å². The van der Waals surface area contributed by atoms with Crippen LogP contribution in [0.25, 0.3) is 5.69 Å². The maximum atomic E-state index is 4.54. The number of aliphatic imine (C=N–C) groups is 1. The van der Waals surface area contributed by atoms with Crippen LogP contribution < -0.4 is 10.6 Å². The molecule has 0 saturated heterocycles. The Balaban J connectivity index is 1.97. The number of nitrogens with one attached hydrogen (secondary N) is 2. The number of guanidine groups is 1. The van der Waals surface area contributed by atoms with Crippen molar-refractivity contribution in [2.45, 2.75) is 26.4 Å². The minimum absolute atomic E-state index is 0.350. The number of aromatic nitrogens is 2. The second kappa shape index (κ2) is 6.75. The first kappa shape index (κ1) is 14.1. The minimum Gasteiger partial charge on any atom is -0.354 e. The van der Waals surface area contributed by atoms with Gasteiger partial charge in [0.25, 0.3) is 0 Å². The summed E-state index contributed by atoms with van der Waals surface area (Å²) in [5.41, 5.74) is 2.03. The average Bonchev–Trinajstić information content (AvgIpc) is 2.93. The lowest BCUT2D eigenvalue weighted by molar-refractivity contribution is 0.693. The average molecular weight is 271 g/mol. The first-order valence-corrected chi connectivity index (χ1v) is 6.76. The quantitative estimate of drug-likeness (QED) is 0.660. The van der Waals surface area contributed by atoms with Crippen LogP contribution in [0.5, 0.6) is 0 Å². The normalized spacial score (nSPS) is 11.7. The molecule has 1 aromatic heterocycles. The zero-order valence-electron chi connectivity index (χ0n) is 12.2. The van der Waals surface area contributed by atoms with E-state index in [1.165, 1.54) is 0 Å². The number of rotatable bonds is 4. The molecule has 0 aliphatic heterocycles. The second-order valence-electron chi connectivity index (χ2n) is 4.81. The predicted octanol–water partition coefficient (Wildman–Crippen LogP) is 1.95. The van der Waals surface area contributed by atoms with Crippen LogP contribution in [0.2, 0.25) is 0 Å². The maximum absolute atomic E-state index is 4.54. The molecule has 0 fully saturated rings. The fraction of sp³-hybridized carbons (Fsp3) is 0.333. The fourth-order valence-corrected chi connectivity index (χ4v) is 1.82. The van der Waals surface area contributed by atoms with Crippen molar-refractivity contribution in [1.82, 2.24) is 20.4 Å². The van der Waals surface area contributed by atoms with E-state index in [2.05, 4.69) is 34.6 Å². The van der Waals surface area contributed by atoms with Crippen LogP contribution >= 0.6 is 0 Å². The Bertz CT molecular complexity index is 557. The van der Waals surface area contributed by atoms with Gasteiger partial charge < -0.3 is 10.6 Å². The molecule has 2 N–H and O–H groups in total. The van der Waals surface area contributed by atoms with E-state index in [0.29, 0.717) is 12.6 Å². The molecular formula is C15H21N5. The fourth-order valence-electron chi connectivity index (χ4n) is 1.82. The SMILES string of the molecule is CN=C(NCc1ccn(-c2ccccc2)n1)NC(C)C. The molecule has 2 rings (SSSR count). The highest BCUT2D eigenvalue weighted by Gasteiger charge is 2.03. The van der Waals surface area contributed by atoms with Crippen molar-refractivity contribution in [2.24, 2.45) is 4.99 Å². The molecule has 106 valence electrons. The molecule has 2 aromatic rings. The third-order valence-corrected chi connectivity index (χ3v) is 2.75. The van der Waals surface area contributed by atoms with E-state index >= 15 is 0 Å². The Kier molecular flexibility index (Phi) is 4.76. The first-order valence-electron chi connectivity index (χ1n) is 6.76. The first-order chi connectivity index (χ1) is 9.69. The third-order valence-electron chi connectivity index (χ3n) is 2.75. The van der Waals surface area contributed by atoms with Gasteiger partial charge in [-0.2, -0.15) is 5.10 Å². The largest absolute Gasteiger partial charge is 0.354 e. The van der Waals surface area contributed by atoms with E-state index in [1.807, 2.05) is 47.3 Å². The van der Waals surface area contributed by atoms with Crippen LogP contribution in [0.1, 0.15) is 19.5 Å². The van der Waals surface area contributed by atoms with Crippen molar-refractivity contribution < 1.29 is 0 Å². The van der Waals surface area contributed by atoms with Crippen LogP contribution in [0, 0.1) is 0 Å². The van der Waals surface area contributed by atoms with Crippen LogP contribution in [0.4, 0.5) is 0 Å². The van der Waals surface area contributed by atoms with E-state index in [9.17, 15) is 0 Å². The van der Waals surface area contributed by atoms with Crippen molar-refractivity contribution >= 4 is 5.96 Å². The second-order valence-corrected chi connectivity index (χ2v) is 4.81. The lowest BCUT2D eigenvalue weighted by Crippen LogP contribution is -2.40. The van der Waals surface area contributed by atoms with E-state index in [4.69, 9.17) is 0 Å². The summed E-state index contributed by atoms with van der Waals surface area (Å²) in [7, 11) is 1.76. The van der Waals surface area contributed by atoms with Gasteiger partial charge in [-0.1, -0.05) is 18.2 Å². The van der Waals surface area contributed by atoms with Gasteiger partial charge in [0.05, 0.1) is 17.9 Å². The molecule has 0 spiro atoms. The monoisotopic (exact) mass is 271 g/mol. The third kappa shape index (κ3) is 3.85. The summed E-state index contributed by atoms with van der Waals surface area (Å²) in [6.07, 6.45) is 1.96. The van der Waals surface area contributed by atoms with Gasteiger partial charge in [0.1, 0.15) is 0 Å². The molecule has 1 heterocycles. The molecule has 0 atom stereocenters. The van der Waals surface area contributed by atoms with Crippen LogP contribution in [-0.2, 0) is 6.54 Å². The molecule has 5 heteroatoms. The molecule has 20 heavy (non-hydrogen) atoms. The van der Waals surface area contributed by atoms with Crippen LogP contribution in [-0.4, -0.2) is 28.8 Å². The highest BCUT2D eigenvalue weighted by atomic mass is 15.3. The van der Waals surface area contributed by atoms with E-state index in [0.717, 1.165) is 17.3 Å². The number of hydrogen-bond donors (Lipinski definition) is 2. The Labute approximate surface area is 119 Å². The van der Waals surface area contributed by atoms with E-state index in [1.54, 1.807) is 7.05 Å². The molecule has 0 radical (unpaired) electrons. The van der Waals surface area contributed by atoms with Crippen LogP contribution in [0.3, 0.4) is 0 Å². The topological polar surface area (TPSA) is 54.2 Å². The summed E-state index contributed by atoms with van der Waals surface area (Å²) in [6, 6.07) is 12.4. The Morgan fingerprint density at radius 1 is 1.25 bits per heavy atom. The lowest BCUT2D eigenvalue weighted by Gasteiger charge is -2.13. The maximum Gasteiger partial charge on any atom is 0.191 e. The molecule has 0 aliphatic rings. The van der Waals surface area contributed by atoms with E-state index in [-0.39, 0.29) is 0 Å². The van der Waals surface area contributed by atoms with Gasteiger partial charge in [0.15, 0.2) is 5.96 Å². The zero-order valence-corrected chi connectivity index (χ0v) is 12.2. The summed E-state index contributed by atoms with van der Waals surface area (Å²) in [5, 5.41) is 11.0. The predicted molar refractivity (Wildman–Crippen MR) is 82.0 cm³/mol. The van der Waals surface area contributed by atoms with Crippen molar-refractivity contribution in [3.63, 3.8) is 0 Å². The van der Waals surface area contributed by atoms with E-state index < -0.39 is 0 Å². The van der Waals surface area contributed by atoms with Crippen molar-refractivity contribution in [2.75, 3.05) is 7.05 Å². The molecule has 0 aliphatic carbocycles. The number of hydrogen-bond acceptors (Lipinski definition) is 2. The van der Waals surface area contributed by atoms with Gasteiger partial charge in [0, 0.05) is 19.3 Å². The summed E-state index contributed by atoms with van der Waals surface area (Å²) >= 11 is 0. The molecule has 1 aromatic carbocycles. The number of benzene rings is 1. The summed E-state index contributed by atoms with van der Waals surface area (Å²) in [6.45, 7) is 4.81. The Hall–Kier alpha value is -2.30. The minimum atomic E-state index is 0.350. The highest BCUT2D eigenvalue weighted by Crippen LogP contribution is 2.06. The molecule has 5 nitrogen and oxygen atoms in total. The number of nitrogens with zero attached hydrogens (tertiary/aromatic N) is 3. The summed E-state index contributed by atoms with van der Waals surface area (Å²) in [5.74, 6) is 0.786. The zero-order chi connectivity index (χ0) is 14.4. The molecule has 0 bridgehead atoms. The summed E-state index contributed by atoms with van der Waals surface area (Å²) < 4.78 is 1.87. The van der Waals surface area contributed by atoms with Gasteiger partial charge in [-0.25, -0.2) is 4.68 Å². The lowest BCUT2D eigenvalue weighted by atomic mass is 10.3. The molecular weight excluding hydrogens is 250 g/mol. The highest BCUT2D eigenvalue weighted by molar-refractivity contribution is 5.79. The molecule has 0 unspecified atom stereocenters. The Morgan fingerprint density at radius 2 is 2.00 bits per heavy atom. The van der Waals surface area contributed by atoms with Gasteiger partial charge in [-0.3, -0.25) is 4.99 Å². The van der Waals surface area contributed by atoms with Gasteiger partial charge in [-0.05, 0) is 32.0 Å².